The maximum atomic E-state index is 6.35. The Kier molecular flexibility index (Phi) is 4.53. The molecule has 1 unspecified atom stereocenters. The van der Waals surface area contributed by atoms with Crippen LogP contribution in [-0.2, 0) is 6.42 Å². The van der Waals surface area contributed by atoms with E-state index in [1.165, 1.54) is 0 Å². The number of rotatable bonds is 5. The highest BCUT2D eigenvalue weighted by molar-refractivity contribution is 6.20. The molecule has 94 valence electrons. The number of aromatic nitrogens is 2. The Morgan fingerprint density at radius 1 is 1.17 bits per heavy atom. The van der Waals surface area contributed by atoms with E-state index in [9.17, 15) is 0 Å². The van der Waals surface area contributed by atoms with Gasteiger partial charge in [-0.2, -0.15) is 0 Å². The molecule has 0 saturated heterocycles. The van der Waals surface area contributed by atoms with E-state index in [2.05, 4.69) is 9.97 Å². The van der Waals surface area contributed by atoms with Crippen molar-refractivity contribution in [1.82, 2.24) is 9.97 Å². The van der Waals surface area contributed by atoms with Gasteiger partial charge in [0.1, 0.15) is 0 Å². The molecule has 1 heterocycles. The zero-order valence-corrected chi connectivity index (χ0v) is 11.0. The number of ether oxygens (including phenoxy) is 1. The first-order valence-corrected chi connectivity index (χ1v) is 6.27. The smallest absolute Gasteiger partial charge is 0.316 e. The number of aryl methyl sites for hydroxylation is 1. The Labute approximate surface area is 112 Å². The first-order chi connectivity index (χ1) is 8.79. The van der Waals surface area contributed by atoms with Crippen molar-refractivity contribution in [3.05, 3.63) is 53.9 Å². The van der Waals surface area contributed by atoms with E-state index in [1.54, 1.807) is 19.5 Å². The van der Waals surface area contributed by atoms with Gasteiger partial charge in [-0.05, 0) is 24.0 Å². The molecule has 0 N–H and O–H groups in total. The molecule has 0 bridgehead atoms. The molecule has 0 saturated carbocycles. The van der Waals surface area contributed by atoms with Crippen LogP contribution in [0.5, 0.6) is 6.01 Å². The van der Waals surface area contributed by atoms with E-state index in [0.29, 0.717) is 6.01 Å². The Morgan fingerprint density at radius 2 is 1.83 bits per heavy atom. The minimum Gasteiger partial charge on any atom is -0.467 e. The molecule has 18 heavy (non-hydrogen) atoms. The van der Waals surface area contributed by atoms with Gasteiger partial charge in [0, 0.05) is 12.4 Å². The monoisotopic (exact) mass is 262 g/mol. The van der Waals surface area contributed by atoms with E-state index in [0.717, 1.165) is 24.0 Å². The number of alkyl halides is 1. The van der Waals surface area contributed by atoms with Crippen LogP contribution in [-0.4, -0.2) is 17.1 Å². The summed E-state index contributed by atoms with van der Waals surface area (Å²) in [4.78, 5) is 8.14. The second kappa shape index (κ2) is 6.36. The molecule has 1 aromatic carbocycles. The summed E-state index contributed by atoms with van der Waals surface area (Å²) in [5.74, 6) is 0. The molecule has 4 heteroatoms. The predicted octanol–water partition coefficient (Wildman–Crippen LogP) is 3.40. The summed E-state index contributed by atoms with van der Waals surface area (Å²) >= 11 is 6.35. The zero-order valence-electron chi connectivity index (χ0n) is 10.2. The predicted molar refractivity (Wildman–Crippen MR) is 71.9 cm³/mol. The van der Waals surface area contributed by atoms with E-state index >= 15 is 0 Å². The van der Waals surface area contributed by atoms with Crippen molar-refractivity contribution in [3.63, 3.8) is 0 Å². The molecular weight excluding hydrogens is 248 g/mol. The van der Waals surface area contributed by atoms with Gasteiger partial charge in [0.15, 0.2) is 0 Å². The summed E-state index contributed by atoms with van der Waals surface area (Å²) in [5, 5.41) is 0.0216. The minimum atomic E-state index is 0.0216. The van der Waals surface area contributed by atoms with Gasteiger partial charge in [0.2, 0.25) is 0 Å². The summed E-state index contributed by atoms with van der Waals surface area (Å²) in [6.45, 7) is 0. The van der Waals surface area contributed by atoms with Crippen molar-refractivity contribution < 1.29 is 4.74 Å². The summed E-state index contributed by atoms with van der Waals surface area (Å²) in [6.07, 6.45) is 5.27. The number of halogens is 1. The summed E-state index contributed by atoms with van der Waals surface area (Å²) in [7, 11) is 1.55. The van der Waals surface area contributed by atoms with E-state index < -0.39 is 0 Å². The summed E-state index contributed by atoms with van der Waals surface area (Å²) < 4.78 is 4.92. The number of nitrogens with zero attached hydrogens (tertiary/aromatic N) is 2. The standard InChI is InChI=1S/C14H15ClN2O/c1-18-14-16-9-11(10-17-14)7-8-13(15)12-5-3-2-4-6-12/h2-6,9-10,13H,7-8H2,1H3. The maximum absolute atomic E-state index is 6.35. The van der Waals surface area contributed by atoms with E-state index in [-0.39, 0.29) is 5.38 Å². The van der Waals surface area contributed by atoms with E-state index in [4.69, 9.17) is 16.3 Å². The Bertz CT molecular complexity index is 473. The third-order valence-electron chi connectivity index (χ3n) is 2.71. The second-order valence-electron chi connectivity index (χ2n) is 3.99. The van der Waals surface area contributed by atoms with Crippen LogP contribution in [0.4, 0.5) is 0 Å². The Balaban J connectivity index is 1.91. The van der Waals surface area contributed by atoms with Gasteiger partial charge in [-0.1, -0.05) is 30.3 Å². The lowest BCUT2D eigenvalue weighted by atomic mass is 10.1. The molecule has 0 amide bonds. The molecule has 0 aliphatic carbocycles. The van der Waals surface area contributed by atoms with Gasteiger partial charge >= 0.3 is 6.01 Å². The first kappa shape index (κ1) is 12.8. The van der Waals surface area contributed by atoms with Crippen LogP contribution in [0.3, 0.4) is 0 Å². The largest absolute Gasteiger partial charge is 0.467 e. The van der Waals surface area contributed by atoms with Gasteiger partial charge < -0.3 is 4.74 Å². The minimum absolute atomic E-state index is 0.0216. The molecule has 1 atom stereocenters. The third kappa shape index (κ3) is 3.44. The number of hydrogen-bond donors (Lipinski definition) is 0. The SMILES string of the molecule is COc1ncc(CCC(Cl)c2ccccc2)cn1. The molecule has 0 aliphatic heterocycles. The molecule has 0 radical (unpaired) electrons. The Morgan fingerprint density at radius 3 is 2.44 bits per heavy atom. The van der Waals surface area contributed by atoms with Gasteiger partial charge in [-0.3, -0.25) is 0 Å². The van der Waals surface area contributed by atoms with Crippen molar-refractivity contribution >= 4 is 11.6 Å². The average Bonchev–Trinajstić information content (AvgIpc) is 2.46. The fourth-order valence-corrected chi connectivity index (χ4v) is 1.95. The molecule has 0 aliphatic rings. The van der Waals surface area contributed by atoms with Crippen LogP contribution >= 0.6 is 11.6 Å². The van der Waals surface area contributed by atoms with Crippen molar-refractivity contribution in [2.45, 2.75) is 18.2 Å². The van der Waals surface area contributed by atoms with Crippen LogP contribution in [0.15, 0.2) is 42.7 Å². The summed E-state index contributed by atoms with van der Waals surface area (Å²) in [5.41, 5.74) is 2.21. The number of hydrogen-bond acceptors (Lipinski definition) is 3. The van der Waals surface area contributed by atoms with Crippen LogP contribution in [0.1, 0.15) is 22.9 Å². The lowest BCUT2D eigenvalue weighted by molar-refractivity contribution is 0.379. The molecule has 2 aromatic rings. The van der Waals surface area contributed by atoms with Crippen molar-refractivity contribution in [1.29, 1.82) is 0 Å². The van der Waals surface area contributed by atoms with Crippen LogP contribution < -0.4 is 4.74 Å². The summed E-state index contributed by atoms with van der Waals surface area (Å²) in [6, 6.07) is 10.5. The van der Waals surface area contributed by atoms with Crippen molar-refractivity contribution in [2.75, 3.05) is 7.11 Å². The highest BCUT2D eigenvalue weighted by atomic mass is 35.5. The normalized spacial score (nSPS) is 12.1. The van der Waals surface area contributed by atoms with Crippen molar-refractivity contribution in [3.8, 4) is 6.01 Å². The fourth-order valence-electron chi connectivity index (χ4n) is 1.70. The zero-order chi connectivity index (χ0) is 12.8. The lowest BCUT2D eigenvalue weighted by Gasteiger charge is -2.09. The topological polar surface area (TPSA) is 35.0 Å². The van der Waals surface area contributed by atoms with Crippen LogP contribution in [0, 0.1) is 0 Å². The lowest BCUT2D eigenvalue weighted by Crippen LogP contribution is -1.97. The molecule has 3 nitrogen and oxygen atoms in total. The maximum Gasteiger partial charge on any atom is 0.316 e. The fraction of sp³-hybridized carbons (Fsp3) is 0.286. The number of benzene rings is 1. The van der Waals surface area contributed by atoms with E-state index in [1.807, 2.05) is 30.3 Å². The highest BCUT2D eigenvalue weighted by Gasteiger charge is 2.07. The number of methoxy groups -OCH3 is 1. The molecular formula is C14H15ClN2O. The van der Waals surface area contributed by atoms with Crippen molar-refractivity contribution in [2.24, 2.45) is 0 Å². The van der Waals surface area contributed by atoms with Gasteiger partial charge in [-0.25, -0.2) is 9.97 Å². The van der Waals surface area contributed by atoms with Gasteiger partial charge in [0.25, 0.3) is 0 Å². The van der Waals surface area contributed by atoms with Gasteiger partial charge in [0.05, 0.1) is 12.5 Å². The molecule has 0 spiro atoms. The quantitative estimate of drug-likeness (QED) is 0.775. The second-order valence-corrected chi connectivity index (χ2v) is 4.52. The molecule has 1 aromatic heterocycles. The average molecular weight is 263 g/mol. The molecule has 0 fully saturated rings. The molecule has 2 rings (SSSR count). The van der Waals surface area contributed by atoms with Crippen LogP contribution in [0.2, 0.25) is 0 Å². The Hall–Kier alpha value is -1.61. The highest BCUT2D eigenvalue weighted by Crippen LogP contribution is 2.25. The first-order valence-electron chi connectivity index (χ1n) is 5.83. The van der Waals surface area contributed by atoms with Gasteiger partial charge in [-0.15, -0.1) is 11.6 Å². The third-order valence-corrected chi connectivity index (χ3v) is 3.18. The van der Waals surface area contributed by atoms with Crippen LogP contribution in [0.25, 0.3) is 0 Å².